The van der Waals surface area contributed by atoms with Crippen molar-refractivity contribution in [3.8, 4) is 5.69 Å². The van der Waals surface area contributed by atoms with Gasteiger partial charge in [0, 0.05) is 12.1 Å². The lowest BCUT2D eigenvalue weighted by Gasteiger charge is -1.99. The molecule has 13 heavy (non-hydrogen) atoms. The average molecular weight is 195 g/mol. The van der Waals surface area contributed by atoms with Crippen molar-refractivity contribution < 1.29 is 0 Å². The van der Waals surface area contributed by atoms with Crippen LogP contribution in [0.3, 0.4) is 0 Å². The molecule has 0 amide bonds. The summed E-state index contributed by atoms with van der Waals surface area (Å²) in [7, 11) is 0. The Morgan fingerprint density at radius 2 is 2.00 bits per heavy atom. The first kappa shape index (κ1) is 8.19. The molecule has 2 aromatic heterocycles. The van der Waals surface area contributed by atoms with Gasteiger partial charge < -0.3 is 0 Å². The average Bonchev–Trinajstić information content (AvgIpc) is 2.71. The summed E-state index contributed by atoms with van der Waals surface area (Å²) in [5.41, 5.74) is 1.78. The van der Waals surface area contributed by atoms with Crippen molar-refractivity contribution in [1.82, 2.24) is 20.0 Å². The molecule has 0 aliphatic carbocycles. The maximum absolute atomic E-state index is 5.67. The Bertz CT molecular complexity index is 385. The number of nitrogens with zero attached hydrogens (tertiary/aromatic N) is 4. The predicted molar refractivity (Wildman–Crippen MR) is 48.7 cm³/mol. The Hall–Kier alpha value is -1.42. The van der Waals surface area contributed by atoms with Crippen molar-refractivity contribution in [3.05, 3.63) is 36.4 Å². The van der Waals surface area contributed by atoms with Crippen molar-refractivity contribution in [3.63, 3.8) is 0 Å². The van der Waals surface area contributed by atoms with E-state index in [0.29, 0.717) is 5.88 Å². The van der Waals surface area contributed by atoms with Crippen LogP contribution < -0.4 is 0 Å². The molecule has 0 aliphatic rings. The van der Waals surface area contributed by atoms with Crippen LogP contribution in [-0.4, -0.2) is 20.0 Å². The van der Waals surface area contributed by atoms with Crippen LogP contribution >= 0.6 is 11.6 Å². The molecule has 4 nitrogen and oxygen atoms in total. The highest BCUT2D eigenvalue weighted by molar-refractivity contribution is 6.17. The Morgan fingerprint density at radius 3 is 2.69 bits per heavy atom. The highest BCUT2D eigenvalue weighted by Gasteiger charge is 1.98. The van der Waals surface area contributed by atoms with Gasteiger partial charge in [0.05, 0.1) is 18.6 Å². The molecule has 2 rings (SSSR count). The van der Waals surface area contributed by atoms with E-state index in [9.17, 15) is 0 Å². The van der Waals surface area contributed by atoms with E-state index in [1.54, 1.807) is 24.8 Å². The van der Waals surface area contributed by atoms with E-state index in [2.05, 4.69) is 15.2 Å². The summed E-state index contributed by atoms with van der Waals surface area (Å²) in [6.45, 7) is 0. The summed E-state index contributed by atoms with van der Waals surface area (Å²) in [4.78, 5) is 5.53. The zero-order valence-electron chi connectivity index (χ0n) is 6.76. The van der Waals surface area contributed by atoms with E-state index in [-0.39, 0.29) is 0 Å². The summed E-state index contributed by atoms with van der Waals surface area (Å²) in [6.07, 6.45) is 6.65. The molecule has 0 fully saturated rings. The third-order valence-corrected chi connectivity index (χ3v) is 1.89. The summed E-state index contributed by atoms with van der Waals surface area (Å²) >= 11 is 5.67. The Kier molecular flexibility index (Phi) is 2.23. The maximum Gasteiger partial charge on any atom is 0.104 e. The zero-order chi connectivity index (χ0) is 9.10. The van der Waals surface area contributed by atoms with Gasteiger partial charge in [-0.25, -0.2) is 0 Å². The topological polar surface area (TPSA) is 43.6 Å². The molecule has 0 spiro atoms. The van der Waals surface area contributed by atoms with E-state index in [4.69, 9.17) is 11.6 Å². The van der Waals surface area contributed by atoms with Crippen LogP contribution in [0, 0.1) is 0 Å². The minimum atomic E-state index is 0.447. The Labute approximate surface area is 80.2 Å². The molecule has 66 valence electrons. The van der Waals surface area contributed by atoms with Gasteiger partial charge in [-0.05, 0) is 11.6 Å². The quantitative estimate of drug-likeness (QED) is 0.679. The van der Waals surface area contributed by atoms with E-state index < -0.39 is 0 Å². The van der Waals surface area contributed by atoms with Crippen molar-refractivity contribution in [2.45, 2.75) is 5.88 Å². The number of aromatic nitrogens is 4. The number of halogens is 1. The first-order chi connectivity index (χ1) is 6.40. The minimum Gasteiger partial charge on any atom is -0.262 e. The van der Waals surface area contributed by atoms with Crippen molar-refractivity contribution in [2.24, 2.45) is 0 Å². The second-order valence-electron chi connectivity index (χ2n) is 2.50. The third kappa shape index (κ3) is 1.67. The van der Waals surface area contributed by atoms with Gasteiger partial charge in [-0.3, -0.25) is 4.98 Å². The summed E-state index contributed by atoms with van der Waals surface area (Å²) in [6, 6.07) is 1.90. The molecule has 0 saturated heterocycles. The van der Waals surface area contributed by atoms with E-state index in [0.717, 1.165) is 11.3 Å². The van der Waals surface area contributed by atoms with Gasteiger partial charge in [-0.15, -0.1) is 11.6 Å². The van der Waals surface area contributed by atoms with Gasteiger partial charge in [-0.2, -0.15) is 15.0 Å². The standard InChI is InChI=1S/C8H7ClN4/c9-4-7-3-8(6-10-5-7)13-11-1-2-12-13/h1-3,5-6H,4H2. The fourth-order valence-electron chi connectivity index (χ4n) is 1.01. The largest absolute Gasteiger partial charge is 0.262 e. The first-order valence-electron chi connectivity index (χ1n) is 3.77. The lowest BCUT2D eigenvalue weighted by molar-refractivity contribution is 0.747. The molecular weight excluding hydrogens is 188 g/mol. The molecule has 0 aromatic carbocycles. The highest BCUT2D eigenvalue weighted by Crippen LogP contribution is 2.07. The highest BCUT2D eigenvalue weighted by atomic mass is 35.5. The molecule has 0 atom stereocenters. The fraction of sp³-hybridized carbons (Fsp3) is 0.125. The molecule has 0 N–H and O–H groups in total. The number of rotatable bonds is 2. The molecule has 2 heterocycles. The second-order valence-corrected chi connectivity index (χ2v) is 2.77. The van der Waals surface area contributed by atoms with Gasteiger partial charge in [-0.1, -0.05) is 0 Å². The lowest BCUT2D eigenvalue weighted by Crippen LogP contribution is -1.99. The second kappa shape index (κ2) is 3.53. The molecule has 0 bridgehead atoms. The van der Waals surface area contributed by atoms with Crippen LogP contribution in [0.25, 0.3) is 5.69 Å². The predicted octanol–water partition coefficient (Wildman–Crippen LogP) is 1.40. The van der Waals surface area contributed by atoms with Gasteiger partial charge >= 0.3 is 0 Å². The molecular formula is C8H7ClN4. The molecule has 0 radical (unpaired) electrons. The van der Waals surface area contributed by atoms with Crippen LogP contribution in [0.1, 0.15) is 5.56 Å². The van der Waals surface area contributed by atoms with Crippen molar-refractivity contribution >= 4 is 11.6 Å². The van der Waals surface area contributed by atoms with Gasteiger partial charge in [0.2, 0.25) is 0 Å². The molecule has 5 heteroatoms. The van der Waals surface area contributed by atoms with Crippen molar-refractivity contribution in [2.75, 3.05) is 0 Å². The summed E-state index contributed by atoms with van der Waals surface area (Å²) < 4.78 is 0. The first-order valence-corrected chi connectivity index (χ1v) is 4.30. The van der Waals surface area contributed by atoms with Crippen LogP contribution in [0.15, 0.2) is 30.9 Å². The van der Waals surface area contributed by atoms with Crippen LogP contribution in [0.5, 0.6) is 0 Å². The molecule has 2 aromatic rings. The summed E-state index contributed by atoms with van der Waals surface area (Å²) in [5, 5.41) is 7.97. The van der Waals surface area contributed by atoms with E-state index >= 15 is 0 Å². The summed E-state index contributed by atoms with van der Waals surface area (Å²) in [5.74, 6) is 0.447. The number of alkyl halides is 1. The third-order valence-electron chi connectivity index (χ3n) is 1.58. The monoisotopic (exact) mass is 194 g/mol. The lowest BCUT2D eigenvalue weighted by atomic mass is 10.3. The fourth-order valence-corrected chi connectivity index (χ4v) is 1.15. The van der Waals surface area contributed by atoms with Crippen LogP contribution in [0.2, 0.25) is 0 Å². The van der Waals surface area contributed by atoms with Gasteiger partial charge in [0.15, 0.2) is 0 Å². The van der Waals surface area contributed by atoms with Gasteiger partial charge in [0.25, 0.3) is 0 Å². The molecule has 0 aliphatic heterocycles. The van der Waals surface area contributed by atoms with E-state index in [1.165, 1.54) is 4.80 Å². The smallest absolute Gasteiger partial charge is 0.104 e. The van der Waals surface area contributed by atoms with Gasteiger partial charge in [0.1, 0.15) is 5.69 Å². The normalized spacial score (nSPS) is 10.2. The number of hydrogen-bond acceptors (Lipinski definition) is 3. The molecule has 0 unspecified atom stereocenters. The SMILES string of the molecule is ClCc1cncc(-n2nccn2)c1. The van der Waals surface area contributed by atoms with Crippen LogP contribution in [0.4, 0.5) is 0 Å². The van der Waals surface area contributed by atoms with E-state index in [1.807, 2.05) is 6.07 Å². The minimum absolute atomic E-state index is 0.447. The van der Waals surface area contributed by atoms with Crippen molar-refractivity contribution in [1.29, 1.82) is 0 Å². The molecule has 0 saturated carbocycles. The number of pyridine rings is 1. The number of hydrogen-bond donors (Lipinski definition) is 0. The van der Waals surface area contributed by atoms with Crippen LogP contribution in [-0.2, 0) is 5.88 Å². The Balaban J connectivity index is 2.41. The zero-order valence-corrected chi connectivity index (χ0v) is 7.52. The maximum atomic E-state index is 5.67. The Morgan fingerprint density at radius 1 is 1.23 bits per heavy atom.